The highest BCUT2D eigenvalue weighted by Gasteiger charge is 2.40. The summed E-state index contributed by atoms with van der Waals surface area (Å²) in [6, 6.07) is 8.01. The molecule has 4 heteroatoms. The normalized spacial score (nSPS) is 24.2. The Bertz CT molecular complexity index is 399. The molecule has 0 aliphatic carbocycles. The Morgan fingerprint density at radius 3 is 3.00 bits per heavy atom. The molecule has 2 unspecified atom stereocenters. The first-order valence-electron chi connectivity index (χ1n) is 6.29. The first-order valence-corrected chi connectivity index (χ1v) is 7.69. The van der Waals surface area contributed by atoms with Crippen molar-refractivity contribution in [2.45, 2.75) is 18.9 Å². The molecule has 1 aliphatic rings. The zero-order valence-electron chi connectivity index (χ0n) is 10.8. The van der Waals surface area contributed by atoms with Gasteiger partial charge in [-0.05, 0) is 36.5 Å². The summed E-state index contributed by atoms with van der Waals surface area (Å²) >= 11 is 1.75. The fraction of sp³-hybridized carbons (Fsp3) is 0.571. The van der Waals surface area contributed by atoms with E-state index in [4.69, 9.17) is 10.5 Å². The van der Waals surface area contributed by atoms with E-state index >= 15 is 0 Å². The van der Waals surface area contributed by atoms with Crippen LogP contribution in [0.3, 0.4) is 0 Å². The molecule has 1 heterocycles. The second-order valence-electron chi connectivity index (χ2n) is 4.94. The Hall–Kier alpha value is -0.710. The molecular formula is C14H21NO2S. The second-order valence-corrected chi connectivity index (χ2v) is 5.92. The summed E-state index contributed by atoms with van der Waals surface area (Å²) in [6.45, 7) is 0.965. The number of fused-ring (bicyclic) bond motifs is 1. The number of hydrogen-bond acceptors (Lipinski definition) is 4. The topological polar surface area (TPSA) is 55.5 Å². The van der Waals surface area contributed by atoms with Crippen LogP contribution < -0.4 is 10.5 Å². The van der Waals surface area contributed by atoms with E-state index in [1.165, 1.54) is 0 Å². The van der Waals surface area contributed by atoms with Crippen molar-refractivity contribution < 1.29 is 9.84 Å². The predicted molar refractivity (Wildman–Crippen MR) is 76.1 cm³/mol. The molecule has 1 aliphatic heterocycles. The van der Waals surface area contributed by atoms with Gasteiger partial charge in [0.05, 0.1) is 12.7 Å². The number of aliphatic hydroxyl groups is 1. The van der Waals surface area contributed by atoms with Gasteiger partial charge in [0.25, 0.3) is 0 Å². The number of nitrogens with two attached hydrogens (primary N) is 1. The van der Waals surface area contributed by atoms with Crippen LogP contribution in [0.4, 0.5) is 0 Å². The summed E-state index contributed by atoms with van der Waals surface area (Å²) in [5.74, 6) is 1.88. The van der Waals surface area contributed by atoms with Gasteiger partial charge in [-0.1, -0.05) is 18.2 Å². The molecule has 0 spiro atoms. The largest absolute Gasteiger partial charge is 0.493 e. The Labute approximate surface area is 113 Å². The van der Waals surface area contributed by atoms with Crippen LogP contribution in [0.15, 0.2) is 24.3 Å². The molecule has 2 rings (SSSR count). The minimum Gasteiger partial charge on any atom is -0.493 e. The lowest BCUT2D eigenvalue weighted by molar-refractivity contribution is -0.0153. The van der Waals surface area contributed by atoms with Crippen LogP contribution in [0.1, 0.15) is 12.0 Å². The van der Waals surface area contributed by atoms with Crippen molar-refractivity contribution >= 4 is 11.8 Å². The Morgan fingerprint density at radius 1 is 1.50 bits per heavy atom. The molecule has 0 fully saturated rings. The van der Waals surface area contributed by atoms with Crippen molar-refractivity contribution in [2.75, 3.05) is 25.2 Å². The van der Waals surface area contributed by atoms with E-state index in [1.807, 2.05) is 18.2 Å². The van der Waals surface area contributed by atoms with Crippen molar-refractivity contribution in [2.24, 2.45) is 11.1 Å². The minimum absolute atomic E-state index is 0.329. The third-order valence-electron chi connectivity index (χ3n) is 3.74. The lowest BCUT2D eigenvalue weighted by Gasteiger charge is -2.40. The maximum Gasteiger partial charge on any atom is 0.122 e. The molecule has 0 saturated heterocycles. The van der Waals surface area contributed by atoms with Gasteiger partial charge in [-0.15, -0.1) is 0 Å². The van der Waals surface area contributed by atoms with Crippen molar-refractivity contribution in [3.8, 4) is 5.75 Å². The van der Waals surface area contributed by atoms with Gasteiger partial charge in [-0.3, -0.25) is 0 Å². The number of thioether (sulfide) groups is 1. The maximum absolute atomic E-state index is 10.4. The van der Waals surface area contributed by atoms with E-state index in [-0.39, 0.29) is 5.41 Å². The van der Waals surface area contributed by atoms with Gasteiger partial charge in [-0.2, -0.15) is 11.8 Å². The number of rotatable bonds is 5. The fourth-order valence-corrected chi connectivity index (χ4v) is 2.92. The zero-order chi connectivity index (χ0) is 13.0. The quantitative estimate of drug-likeness (QED) is 0.852. The van der Waals surface area contributed by atoms with Gasteiger partial charge in [0.15, 0.2) is 0 Å². The number of benzene rings is 1. The molecule has 1 aromatic carbocycles. The summed E-state index contributed by atoms with van der Waals surface area (Å²) in [6.07, 6.45) is 3.22. The standard InChI is InChI=1S/C14H21NO2S/c1-18-7-6-13(16)14(9-15)8-11-4-2-3-5-12(11)17-10-14/h2-5,13,16H,6-10,15H2,1H3. The fourth-order valence-electron chi connectivity index (χ4n) is 2.46. The maximum atomic E-state index is 10.4. The van der Waals surface area contributed by atoms with Crippen LogP contribution in [0.2, 0.25) is 0 Å². The van der Waals surface area contributed by atoms with Crippen molar-refractivity contribution in [3.63, 3.8) is 0 Å². The van der Waals surface area contributed by atoms with Crippen LogP contribution in [0.25, 0.3) is 0 Å². The Morgan fingerprint density at radius 2 is 2.28 bits per heavy atom. The Kier molecular flexibility index (Phi) is 4.54. The van der Waals surface area contributed by atoms with Crippen molar-refractivity contribution in [1.82, 2.24) is 0 Å². The first-order chi connectivity index (χ1) is 8.72. The van der Waals surface area contributed by atoms with E-state index in [1.54, 1.807) is 11.8 Å². The molecule has 2 atom stereocenters. The summed E-state index contributed by atoms with van der Waals surface area (Å²) in [5.41, 5.74) is 6.74. The molecule has 3 N–H and O–H groups in total. The smallest absolute Gasteiger partial charge is 0.122 e. The lowest BCUT2D eigenvalue weighted by atomic mass is 9.75. The highest BCUT2D eigenvalue weighted by molar-refractivity contribution is 7.98. The van der Waals surface area contributed by atoms with E-state index in [0.717, 1.165) is 29.9 Å². The van der Waals surface area contributed by atoms with Gasteiger partial charge in [0.1, 0.15) is 5.75 Å². The molecular weight excluding hydrogens is 246 g/mol. The third kappa shape index (κ3) is 2.66. The predicted octanol–water partition coefficient (Wildman–Crippen LogP) is 1.68. The van der Waals surface area contributed by atoms with E-state index in [2.05, 4.69) is 12.3 Å². The highest BCUT2D eigenvalue weighted by atomic mass is 32.2. The molecule has 18 heavy (non-hydrogen) atoms. The van der Waals surface area contributed by atoms with Gasteiger partial charge in [0.2, 0.25) is 0 Å². The molecule has 0 amide bonds. The average molecular weight is 267 g/mol. The van der Waals surface area contributed by atoms with Gasteiger partial charge < -0.3 is 15.6 Å². The molecule has 0 bridgehead atoms. The van der Waals surface area contributed by atoms with Crippen LogP contribution in [-0.4, -0.2) is 36.4 Å². The monoisotopic (exact) mass is 267 g/mol. The molecule has 0 radical (unpaired) electrons. The number of ether oxygens (including phenoxy) is 1. The lowest BCUT2D eigenvalue weighted by Crippen LogP contribution is -2.50. The van der Waals surface area contributed by atoms with Crippen LogP contribution in [0.5, 0.6) is 5.75 Å². The van der Waals surface area contributed by atoms with Crippen LogP contribution in [-0.2, 0) is 6.42 Å². The van der Waals surface area contributed by atoms with Gasteiger partial charge in [0, 0.05) is 12.0 Å². The molecule has 0 saturated carbocycles. The second kappa shape index (κ2) is 5.95. The number of hydrogen-bond donors (Lipinski definition) is 2. The molecule has 0 aromatic heterocycles. The summed E-state index contributed by atoms with van der Waals surface area (Å²) in [5, 5.41) is 10.4. The first kappa shape index (κ1) is 13.7. The van der Waals surface area contributed by atoms with Gasteiger partial charge >= 0.3 is 0 Å². The van der Waals surface area contributed by atoms with Crippen LogP contribution >= 0.6 is 11.8 Å². The molecule has 1 aromatic rings. The van der Waals surface area contributed by atoms with Crippen molar-refractivity contribution in [3.05, 3.63) is 29.8 Å². The number of aliphatic hydroxyl groups excluding tert-OH is 1. The van der Waals surface area contributed by atoms with E-state index in [0.29, 0.717) is 13.2 Å². The molecule has 100 valence electrons. The molecule has 3 nitrogen and oxygen atoms in total. The number of para-hydroxylation sites is 1. The van der Waals surface area contributed by atoms with E-state index in [9.17, 15) is 5.11 Å². The highest BCUT2D eigenvalue weighted by Crippen LogP contribution is 2.37. The van der Waals surface area contributed by atoms with Gasteiger partial charge in [-0.25, -0.2) is 0 Å². The summed E-state index contributed by atoms with van der Waals surface area (Å²) in [4.78, 5) is 0. The average Bonchev–Trinajstić information content (AvgIpc) is 2.44. The third-order valence-corrected chi connectivity index (χ3v) is 4.38. The zero-order valence-corrected chi connectivity index (χ0v) is 11.6. The summed E-state index contributed by atoms with van der Waals surface area (Å²) < 4.78 is 5.78. The summed E-state index contributed by atoms with van der Waals surface area (Å²) in [7, 11) is 0. The van der Waals surface area contributed by atoms with Crippen molar-refractivity contribution in [1.29, 1.82) is 0 Å². The van der Waals surface area contributed by atoms with E-state index < -0.39 is 6.10 Å². The van der Waals surface area contributed by atoms with Crippen LogP contribution in [0, 0.1) is 5.41 Å². The minimum atomic E-state index is -0.400. The SMILES string of the molecule is CSCCC(O)C1(CN)COc2ccccc2C1. The Balaban J connectivity index is 2.15.